The van der Waals surface area contributed by atoms with Gasteiger partial charge in [-0.15, -0.1) is 0 Å². The second-order valence-electron chi connectivity index (χ2n) is 6.29. The number of nitrogens with zero attached hydrogens (tertiary/aromatic N) is 4. The average molecular weight is 375 g/mol. The minimum absolute atomic E-state index is 0.307. The maximum Gasteiger partial charge on any atom is 0.241 e. The van der Waals surface area contributed by atoms with Crippen LogP contribution >= 0.6 is 0 Å². The summed E-state index contributed by atoms with van der Waals surface area (Å²) in [5.41, 5.74) is 9.19. The molecule has 1 N–H and O–H groups in total. The fraction of sp³-hybridized carbons (Fsp3) is 0.444. The van der Waals surface area contributed by atoms with Gasteiger partial charge in [0.1, 0.15) is 0 Å². The van der Waals surface area contributed by atoms with Crippen LogP contribution in [-0.4, -0.2) is 35.6 Å². The number of nitrogens with one attached hydrogen (secondary N) is 1. The van der Waals surface area contributed by atoms with Gasteiger partial charge in [-0.25, -0.2) is 13.1 Å². The number of benzene rings is 2. The molecule has 0 heterocycles. The molecule has 2 aromatic carbocycles. The van der Waals surface area contributed by atoms with Crippen molar-refractivity contribution in [3.63, 3.8) is 0 Å². The molecule has 0 atom stereocenters. The van der Waals surface area contributed by atoms with Gasteiger partial charge in [-0.05, 0) is 30.5 Å². The number of anilines is 1. The fourth-order valence-electron chi connectivity index (χ4n) is 2.88. The van der Waals surface area contributed by atoms with Gasteiger partial charge < -0.3 is 4.90 Å². The standard InChI is InChI=1S/C18H25N5O2S/c1-23(2)17-11-7-10-16-15(17)9-8-12-18(16)26(24,25)21-14-6-4-3-5-13-20-22-19/h7-12,21H,3-6,13-14H2,1-2H3. The van der Waals surface area contributed by atoms with E-state index in [-0.39, 0.29) is 0 Å². The molecule has 0 bridgehead atoms. The smallest absolute Gasteiger partial charge is 0.241 e. The van der Waals surface area contributed by atoms with E-state index in [0.717, 1.165) is 42.1 Å². The largest absolute Gasteiger partial charge is 0.377 e. The van der Waals surface area contributed by atoms with Crippen LogP contribution in [0.2, 0.25) is 0 Å². The van der Waals surface area contributed by atoms with Crippen molar-refractivity contribution in [2.24, 2.45) is 5.11 Å². The van der Waals surface area contributed by atoms with Gasteiger partial charge in [0.05, 0.1) is 4.90 Å². The molecule has 0 aliphatic rings. The first-order valence-corrected chi connectivity index (χ1v) is 10.2. The average Bonchev–Trinajstić information content (AvgIpc) is 2.62. The van der Waals surface area contributed by atoms with Crippen molar-refractivity contribution in [3.05, 3.63) is 46.8 Å². The molecule has 2 rings (SSSR count). The summed E-state index contributed by atoms with van der Waals surface area (Å²) in [5.74, 6) is 0. The molecule has 0 radical (unpaired) electrons. The number of rotatable bonds is 10. The summed E-state index contributed by atoms with van der Waals surface area (Å²) >= 11 is 0. The van der Waals surface area contributed by atoms with Gasteiger partial charge in [-0.2, -0.15) is 0 Å². The van der Waals surface area contributed by atoms with Gasteiger partial charge in [0.25, 0.3) is 0 Å². The first-order chi connectivity index (χ1) is 12.5. The summed E-state index contributed by atoms with van der Waals surface area (Å²) in [6, 6.07) is 11.0. The summed E-state index contributed by atoms with van der Waals surface area (Å²) < 4.78 is 28.1. The molecule has 0 unspecified atom stereocenters. The third-order valence-corrected chi connectivity index (χ3v) is 5.69. The fourth-order valence-corrected chi connectivity index (χ4v) is 4.17. The van der Waals surface area contributed by atoms with Crippen molar-refractivity contribution in [1.29, 1.82) is 0 Å². The Hall–Kier alpha value is -2.28. The zero-order chi connectivity index (χ0) is 19.0. The first kappa shape index (κ1) is 20.0. The predicted molar refractivity (Wildman–Crippen MR) is 106 cm³/mol. The lowest BCUT2D eigenvalue weighted by Gasteiger charge is -2.17. The van der Waals surface area contributed by atoms with Gasteiger partial charge in [0.15, 0.2) is 0 Å². The van der Waals surface area contributed by atoms with Crippen LogP contribution in [0.5, 0.6) is 0 Å². The SMILES string of the molecule is CN(C)c1cccc2c(S(=O)(=O)NCCCCCCN=[N+]=[N-])cccc12. The second-order valence-corrected chi connectivity index (χ2v) is 8.02. The second kappa shape index (κ2) is 9.43. The summed E-state index contributed by atoms with van der Waals surface area (Å²) in [7, 11) is 0.315. The number of hydrogen-bond acceptors (Lipinski definition) is 4. The minimum Gasteiger partial charge on any atom is -0.377 e. The van der Waals surface area contributed by atoms with Crippen LogP contribution in [0.25, 0.3) is 21.2 Å². The normalized spacial score (nSPS) is 11.3. The van der Waals surface area contributed by atoms with E-state index < -0.39 is 10.0 Å². The topological polar surface area (TPSA) is 98.2 Å². The van der Waals surface area contributed by atoms with E-state index in [0.29, 0.717) is 18.0 Å². The highest BCUT2D eigenvalue weighted by Crippen LogP contribution is 2.30. The zero-order valence-corrected chi connectivity index (χ0v) is 16.0. The first-order valence-electron chi connectivity index (χ1n) is 8.67. The monoisotopic (exact) mass is 375 g/mol. The van der Waals surface area contributed by atoms with Crippen molar-refractivity contribution in [2.45, 2.75) is 30.6 Å². The molecule has 0 spiro atoms. The van der Waals surface area contributed by atoms with Crippen LogP contribution in [-0.2, 0) is 10.0 Å². The van der Waals surface area contributed by atoms with E-state index in [4.69, 9.17) is 5.53 Å². The quantitative estimate of drug-likeness (QED) is 0.293. The highest BCUT2D eigenvalue weighted by atomic mass is 32.2. The third kappa shape index (κ3) is 5.11. The van der Waals surface area contributed by atoms with Crippen LogP contribution in [0.1, 0.15) is 25.7 Å². The van der Waals surface area contributed by atoms with E-state index in [2.05, 4.69) is 14.7 Å². The molecule has 8 heteroatoms. The van der Waals surface area contributed by atoms with Crippen molar-refractivity contribution in [2.75, 3.05) is 32.1 Å². The minimum atomic E-state index is -3.57. The Morgan fingerprint density at radius 2 is 1.73 bits per heavy atom. The molecule has 26 heavy (non-hydrogen) atoms. The molecule has 0 fully saturated rings. The Balaban J connectivity index is 2.05. The summed E-state index contributed by atoms with van der Waals surface area (Å²) in [6.45, 7) is 0.889. The Labute approximate surface area is 154 Å². The van der Waals surface area contributed by atoms with E-state index in [1.54, 1.807) is 12.1 Å². The molecule has 0 aliphatic heterocycles. The molecule has 2 aromatic rings. The van der Waals surface area contributed by atoms with Crippen molar-refractivity contribution in [3.8, 4) is 0 Å². The Morgan fingerprint density at radius 1 is 1.04 bits per heavy atom. The number of fused-ring (bicyclic) bond motifs is 1. The number of azide groups is 1. The lowest BCUT2D eigenvalue weighted by atomic mass is 10.1. The number of unbranched alkanes of at least 4 members (excludes halogenated alkanes) is 3. The molecule has 0 amide bonds. The summed E-state index contributed by atoms with van der Waals surface area (Å²) in [6.07, 6.45) is 3.39. The molecule has 0 saturated carbocycles. The highest BCUT2D eigenvalue weighted by Gasteiger charge is 2.17. The van der Waals surface area contributed by atoms with E-state index >= 15 is 0 Å². The Morgan fingerprint density at radius 3 is 2.46 bits per heavy atom. The van der Waals surface area contributed by atoms with Gasteiger partial charge in [0.2, 0.25) is 10.0 Å². The summed E-state index contributed by atoms with van der Waals surface area (Å²) in [5, 5.41) is 5.12. The van der Waals surface area contributed by atoms with Crippen molar-refractivity contribution in [1.82, 2.24) is 4.72 Å². The van der Waals surface area contributed by atoms with Crippen molar-refractivity contribution < 1.29 is 8.42 Å². The molecule has 140 valence electrons. The van der Waals surface area contributed by atoms with Gasteiger partial charge >= 0.3 is 0 Å². The van der Waals surface area contributed by atoms with Gasteiger partial charge in [-0.3, -0.25) is 0 Å². The van der Waals surface area contributed by atoms with Gasteiger partial charge in [0, 0.05) is 48.6 Å². The highest BCUT2D eigenvalue weighted by molar-refractivity contribution is 7.89. The maximum absolute atomic E-state index is 12.7. The van der Waals surface area contributed by atoms with E-state index in [1.165, 1.54) is 0 Å². The predicted octanol–water partition coefficient (Wildman–Crippen LogP) is 4.05. The maximum atomic E-state index is 12.7. The van der Waals surface area contributed by atoms with Crippen molar-refractivity contribution >= 4 is 26.5 Å². The molecular formula is C18H25N5O2S. The Bertz CT molecular complexity index is 890. The van der Waals surface area contributed by atoms with Crippen LogP contribution in [0.15, 0.2) is 46.4 Å². The van der Waals surface area contributed by atoms with E-state index in [9.17, 15) is 8.42 Å². The lowest BCUT2D eigenvalue weighted by Crippen LogP contribution is -2.25. The van der Waals surface area contributed by atoms with E-state index in [1.807, 2.05) is 43.3 Å². The molecule has 0 aromatic heterocycles. The summed E-state index contributed by atoms with van der Waals surface area (Å²) in [4.78, 5) is 4.99. The van der Waals surface area contributed by atoms with Gasteiger partial charge in [-0.1, -0.05) is 42.2 Å². The number of sulfonamides is 1. The molecule has 0 aliphatic carbocycles. The Kier molecular flexibility index (Phi) is 7.26. The molecule has 0 saturated heterocycles. The lowest BCUT2D eigenvalue weighted by molar-refractivity contribution is 0.573. The molecule has 7 nitrogen and oxygen atoms in total. The number of hydrogen-bond donors (Lipinski definition) is 1. The zero-order valence-electron chi connectivity index (χ0n) is 15.2. The third-order valence-electron chi connectivity index (χ3n) is 4.17. The van der Waals surface area contributed by atoms with Crippen LogP contribution in [0.4, 0.5) is 5.69 Å². The van der Waals surface area contributed by atoms with Crippen LogP contribution < -0.4 is 9.62 Å². The molecular weight excluding hydrogens is 350 g/mol. The van der Waals surface area contributed by atoms with Crippen LogP contribution in [0, 0.1) is 0 Å². The van der Waals surface area contributed by atoms with Crippen LogP contribution in [0.3, 0.4) is 0 Å².